The van der Waals surface area contributed by atoms with Gasteiger partial charge in [-0.2, -0.15) is 0 Å². The predicted molar refractivity (Wildman–Crippen MR) is 51.2 cm³/mol. The molecule has 2 rings (SSSR count). The van der Waals surface area contributed by atoms with E-state index in [0.717, 1.165) is 0 Å². The highest BCUT2D eigenvalue weighted by molar-refractivity contribution is 5.40. The van der Waals surface area contributed by atoms with Gasteiger partial charge >= 0.3 is 0 Å². The van der Waals surface area contributed by atoms with Gasteiger partial charge < -0.3 is 14.6 Å². The lowest BCUT2D eigenvalue weighted by Crippen LogP contribution is -2.38. The Hall–Kier alpha value is -1.66. The maximum absolute atomic E-state index is 9.37. The average Bonchev–Trinajstić information content (AvgIpc) is 2.27. The first-order valence-electron chi connectivity index (χ1n) is 4.34. The van der Waals surface area contributed by atoms with Crippen LogP contribution >= 0.6 is 0 Å². The number of rotatable bonds is 1. The molecule has 1 N–H and O–H groups in total. The molecule has 1 aromatic rings. The van der Waals surface area contributed by atoms with Gasteiger partial charge in [0.1, 0.15) is 6.61 Å². The van der Waals surface area contributed by atoms with Gasteiger partial charge in [-0.25, -0.2) is 0 Å². The molecule has 0 bridgehead atoms. The van der Waals surface area contributed by atoms with E-state index in [1.165, 1.54) is 0 Å². The van der Waals surface area contributed by atoms with Crippen LogP contribution < -0.4 is 9.47 Å². The molecule has 1 aliphatic heterocycles. The molecule has 2 atom stereocenters. The van der Waals surface area contributed by atoms with Gasteiger partial charge in [0.05, 0.1) is 0 Å². The first-order valence-corrected chi connectivity index (χ1v) is 4.34. The van der Waals surface area contributed by atoms with Crippen LogP contribution in [0.3, 0.4) is 0 Å². The van der Waals surface area contributed by atoms with E-state index in [-0.39, 0.29) is 6.61 Å². The van der Waals surface area contributed by atoms with Crippen LogP contribution in [0.15, 0.2) is 24.3 Å². The van der Waals surface area contributed by atoms with Gasteiger partial charge in [0.2, 0.25) is 0 Å². The molecule has 1 aromatic carbocycles. The van der Waals surface area contributed by atoms with Crippen molar-refractivity contribution >= 4 is 0 Å². The molecule has 3 heteroatoms. The molecule has 0 amide bonds. The summed E-state index contributed by atoms with van der Waals surface area (Å²) in [6.07, 6.45) is 3.68. The number of ether oxygens (including phenoxy) is 2. The highest BCUT2D eigenvalue weighted by Gasteiger charge is 2.25. The van der Waals surface area contributed by atoms with Crippen molar-refractivity contribution in [3.8, 4) is 23.8 Å². The quantitative estimate of drug-likeness (QED) is 0.666. The number of benzene rings is 1. The Morgan fingerprint density at radius 3 is 2.86 bits per heavy atom. The third-order valence-electron chi connectivity index (χ3n) is 2.05. The van der Waals surface area contributed by atoms with E-state index in [9.17, 15) is 5.11 Å². The summed E-state index contributed by atoms with van der Waals surface area (Å²) >= 11 is 0. The van der Waals surface area contributed by atoms with Gasteiger partial charge in [-0.05, 0) is 12.1 Å². The standard InChI is InChI=1S/C11H10O3/c1-2-8(12)11-7-13-9-5-3-4-6-10(9)14-11/h1,3-6,8,11-12H,7H2. The Balaban J connectivity index is 2.18. The first kappa shape index (κ1) is 8.92. The van der Waals surface area contributed by atoms with Crippen LogP contribution in [-0.2, 0) is 0 Å². The maximum atomic E-state index is 9.37. The van der Waals surface area contributed by atoms with Gasteiger partial charge in [0.25, 0.3) is 0 Å². The molecule has 0 spiro atoms. The van der Waals surface area contributed by atoms with E-state index in [2.05, 4.69) is 5.92 Å². The number of hydrogen-bond acceptors (Lipinski definition) is 3. The molecule has 0 saturated carbocycles. The highest BCUT2D eigenvalue weighted by atomic mass is 16.6. The number of terminal acetylenes is 1. The molecular formula is C11H10O3. The lowest BCUT2D eigenvalue weighted by molar-refractivity contribution is 0.0165. The molecule has 0 radical (unpaired) electrons. The maximum Gasteiger partial charge on any atom is 0.170 e. The lowest BCUT2D eigenvalue weighted by atomic mass is 10.2. The molecule has 1 aliphatic rings. The molecule has 2 unspecified atom stereocenters. The van der Waals surface area contributed by atoms with E-state index < -0.39 is 12.2 Å². The van der Waals surface area contributed by atoms with Crippen LogP contribution in [0.2, 0.25) is 0 Å². The Labute approximate surface area is 82.3 Å². The largest absolute Gasteiger partial charge is 0.486 e. The minimum Gasteiger partial charge on any atom is -0.486 e. The Kier molecular flexibility index (Phi) is 2.30. The molecular weight excluding hydrogens is 180 g/mol. The molecule has 0 saturated heterocycles. The Morgan fingerprint density at radius 1 is 1.43 bits per heavy atom. The second-order valence-corrected chi connectivity index (χ2v) is 3.03. The Bertz CT molecular complexity index is 367. The third kappa shape index (κ3) is 1.52. The van der Waals surface area contributed by atoms with Crippen LogP contribution in [0.4, 0.5) is 0 Å². The van der Waals surface area contributed by atoms with E-state index in [1.807, 2.05) is 18.2 Å². The highest BCUT2D eigenvalue weighted by Crippen LogP contribution is 2.31. The van der Waals surface area contributed by atoms with Gasteiger partial charge in [-0.3, -0.25) is 0 Å². The fourth-order valence-electron chi connectivity index (χ4n) is 1.30. The van der Waals surface area contributed by atoms with Gasteiger partial charge in [0, 0.05) is 0 Å². The normalized spacial score (nSPS) is 21.0. The topological polar surface area (TPSA) is 38.7 Å². The molecule has 14 heavy (non-hydrogen) atoms. The number of aliphatic hydroxyl groups excluding tert-OH is 1. The zero-order chi connectivity index (χ0) is 9.97. The summed E-state index contributed by atoms with van der Waals surface area (Å²) in [6, 6.07) is 7.30. The van der Waals surface area contributed by atoms with Crippen molar-refractivity contribution in [2.75, 3.05) is 6.61 Å². The summed E-state index contributed by atoms with van der Waals surface area (Å²) in [4.78, 5) is 0. The molecule has 0 aliphatic carbocycles. The second-order valence-electron chi connectivity index (χ2n) is 3.03. The van der Waals surface area contributed by atoms with Gasteiger partial charge in [-0.1, -0.05) is 18.1 Å². The number of para-hydroxylation sites is 2. The van der Waals surface area contributed by atoms with Gasteiger partial charge in [0.15, 0.2) is 23.7 Å². The van der Waals surface area contributed by atoms with Crippen molar-refractivity contribution in [3.63, 3.8) is 0 Å². The van der Waals surface area contributed by atoms with Crippen LogP contribution in [-0.4, -0.2) is 23.9 Å². The summed E-state index contributed by atoms with van der Waals surface area (Å²) < 4.78 is 10.8. The average molecular weight is 190 g/mol. The van der Waals surface area contributed by atoms with E-state index in [0.29, 0.717) is 11.5 Å². The van der Waals surface area contributed by atoms with E-state index in [4.69, 9.17) is 15.9 Å². The minimum absolute atomic E-state index is 0.280. The summed E-state index contributed by atoms with van der Waals surface area (Å²) in [7, 11) is 0. The van der Waals surface area contributed by atoms with Crippen LogP contribution in [0.1, 0.15) is 0 Å². The Morgan fingerprint density at radius 2 is 2.14 bits per heavy atom. The summed E-state index contributed by atoms with van der Waals surface area (Å²) in [6.45, 7) is 0.280. The van der Waals surface area contributed by atoms with Gasteiger partial charge in [-0.15, -0.1) is 6.42 Å². The number of fused-ring (bicyclic) bond motifs is 1. The van der Waals surface area contributed by atoms with E-state index >= 15 is 0 Å². The lowest BCUT2D eigenvalue weighted by Gasteiger charge is -2.27. The number of hydrogen-bond donors (Lipinski definition) is 1. The second kappa shape index (κ2) is 3.60. The molecule has 3 nitrogen and oxygen atoms in total. The minimum atomic E-state index is -0.927. The zero-order valence-corrected chi connectivity index (χ0v) is 7.51. The SMILES string of the molecule is C#CC(O)C1COc2ccccc2O1. The molecule has 72 valence electrons. The van der Waals surface area contributed by atoms with Crippen molar-refractivity contribution in [3.05, 3.63) is 24.3 Å². The van der Waals surface area contributed by atoms with Crippen molar-refractivity contribution in [2.24, 2.45) is 0 Å². The fourth-order valence-corrected chi connectivity index (χ4v) is 1.30. The molecule has 0 fully saturated rings. The summed E-state index contributed by atoms with van der Waals surface area (Å²) in [5.74, 6) is 3.53. The zero-order valence-electron chi connectivity index (χ0n) is 7.51. The summed E-state index contributed by atoms with van der Waals surface area (Å²) in [5.41, 5.74) is 0. The number of aliphatic hydroxyl groups is 1. The molecule has 1 heterocycles. The van der Waals surface area contributed by atoms with Crippen molar-refractivity contribution in [1.82, 2.24) is 0 Å². The van der Waals surface area contributed by atoms with Crippen molar-refractivity contribution in [2.45, 2.75) is 12.2 Å². The van der Waals surface area contributed by atoms with Crippen molar-refractivity contribution < 1.29 is 14.6 Å². The predicted octanol–water partition coefficient (Wildman–Crippen LogP) is 0.821. The third-order valence-corrected chi connectivity index (χ3v) is 2.05. The monoisotopic (exact) mass is 190 g/mol. The molecule has 0 aromatic heterocycles. The van der Waals surface area contributed by atoms with Crippen LogP contribution in [0, 0.1) is 12.3 Å². The van der Waals surface area contributed by atoms with Crippen molar-refractivity contribution in [1.29, 1.82) is 0 Å². The first-order chi connectivity index (χ1) is 6.81. The van der Waals surface area contributed by atoms with E-state index in [1.54, 1.807) is 6.07 Å². The van der Waals surface area contributed by atoms with Crippen LogP contribution in [0.25, 0.3) is 0 Å². The fraction of sp³-hybridized carbons (Fsp3) is 0.273. The van der Waals surface area contributed by atoms with Crippen LogP contribution in [0.5, 0.6) is 11.5 Å². The summed E-state index contributed by atoms with van der Waals surface area (Å²) in [5, 5.41) is 9.37. The smallest absolute Gasteiger partial charge is 0.170 e.